The van der Waals surface area contributed by atoms with Gasteiger partial charge in [-0.1, -0.05) is 23.7 Å². The molecule has 6 nitrogen and oxygen atoms in total. The van der Waals surface area contributed by atoms with E-state index in [2.05, 4.69) is 10.4 Å². The van der Waals surface area contributed by atoms with Gasteiger partial charge in [-0.15, -0.1) is 5.10 Å². The molecule has 1 aromatic heterocycles. The third-order valence-corrected chi connectivity index (χ3v) is 4.77. The van der Waals surface area contributed by atoms with Gasteiger partial charge in [-0.3, -0.25) is 5.32 Å². The van der Waals surface area contributed by atoms with Crippen molar-refractivity contribution in [1.82, 2.24) is 14.7 Å². The molecule has 2 aliphatic heterocycles. The number of aromatic nitrogens is 2. The molecule has 2 aliphatic rings. The molecule has 2 aromatic rings. The lowest BCUT2D eigenvalue weighted by atomic mass is 9.79. The van der Waals surface area contributed by atoms with Gasteiger partial charge in [-0.25, -0.2) is 9.48 Å². The molecule has 0 atom stereocenters. The van der Waals surface area contributed by atoms with Gasteiger partial charge in [-0.2, -0.15) is 0 Å². The van der Waals surface area contributed by atoms with Gasteiger partial charge in [-0.05, 0) is 18.6 Å². The van der Waals surface area contributed by atoms with Gasteiger partial charge in [0.2, 0.25) is 0 Å². The van der Waals surface area contributed by atoms with Gasteiger partial charge in [0.15, 0.2) is 5.82 Å². The van der Waals surface area contributed by atoms with E-state index in [1.807, 2.05) is 18.2 Å². The molecule has 2 saturated heterocycles. The Morgan fingerprint density at radius 3 is 2.87 bits per heavy atom. The van der Waals surface area contributed by atoms with Crippen LogP contribution in [0.1, 0.15) is 6.42 Å². The number of hydrogen-bond acceptors (Lipinski definition) is 3. The number of anilines is 1. The van der Waals surface area contributed by atoms with Gasteiger partial charge in [0.1, 0.15) is 0 Å². The van der Waals surface area contributed by atoms with Crippen LogP contribution in [-0.4, -0.2) is 47.0 Å². The second kappa shape index (κ2) is 5.54. The van der Waals surface area contributed by atoms with Crippen LogP contribution in [0.4, 0.5) is 10.6 Å². The first-order valence-electron chi connectivity index (χ1n) is 7.60. The van der Waals surface area contributed by atoms with E-state index in [1.165, 1.54) is 0 Å². The summed E-state index contributed by atoms with van der Waals surface area (Å²) in [6.07, 6.45) is 2.82. The molecular formula is C16H17ClN4O2. The highest BCUT2D eigenvalue weighted by molar-refractivity contribution is 6.32. The smallest absolute Gasteiger partial charge is 0.323 e. The third-order valence-electron chi connectivity index (χ3n) is 4.45. The van der Waals surface area contributed by atoms with Gasteiger partial charge in [0.05, 0.1) is 17.3 Å². The van der Waals surface area contributed by atoms with Gasteiger partial charge < -0.3 is 9.64 Å². The molecular weight excluding hydrogens is 316 g/mol. The van der Waals surface area contributed by atoms with Gasteiger partial charge >= 0.3 is 6.03 Å². The van der Waals surface area contributed by atoms with E-state index in [9.17, 15) is 4.79 Å². The van der Waals surface area contributed by atoms with Crippen molar-refractivity contribution in [2.45, 2.75) is 6.42 Å². The van der Waals surface area contributed by atoms with Gasteiger partial charge in [0, 0.05) is 37.4 Å². The molecule has 0 saturated carbocycles. The average molecular weight is 333 g/mol. The second-order valence-electron chi connectivity index (χ2n) is 6.19. The molecule has 2 amide bonds. The lowest BCUT2D eigenvalue weighted by Crippen LogP contribution is -2.59. The minimum Gasteiger partial charge on any atom is -0.381 e. The van der Waals surface area contributed by atoms with E-state index in [0.717, 1.165) is 38.4 Å². The van der Waals surface area contributed by atoms with Crippen molar-refractivity contribution in [1.29, 1.82) is 0 Å². The number of ether oxygens (including phenoxy) is 1. The minimum atomic E-state index is -0.119. The molecule has 0 bridgehead atoms. The lowest BCUT2D eigenvalue weighted by Gasteiger charge is -2.46. The normalized spacial score (nSPS) is 18.9. The number of amides is 2. The topological polar surface area (TPSA) is 59.4 Å². The van der Waals surface area contributed by atoms with E-state index in [4.69, 9.17) is 16.3 Å². The molecule has 23 heavy (non-hydrogen) atoms. The fraction of sp³-hybridized carbons (Fsp3) is 0.375. The van der Waals surface area contributed by atoms with Crippen LogP contribution in [-0.2, 0) is 4.74 Å². The summed E-state index contributed by atoms with van der Waals surface area (Å²) in [5, 5.41) is 7.80. The highest BCUT2D eigenvalue weighted by Gasteiger charge is 2.47. The van der Waals surface area contributed by atoms with E-state index in [-0.39, 0.29) is 11.4 Å². The Morgan fingerprint density at radius 1 is 1.30 bits per heavy atom. The molecule has 7 heteroatoms. The maximum Gasteiger partial charge on any atom is 0.323 e. The summed E-state index contributed by atoms with van der Waals surface area (Å²) in [7, 11) is 0. The van der Waals surface area contributed by atoms with Crippen LogP contribution in [0.15, 0.2) is 36.5 Å². The summed E-state index contributed by atoms with van der Waals surface area (Å²) >= 11 is 6.16. The highest BCUT2D eigenvalue weighted by atomic mass is 35.5. The first kappa shape index (κ1) is 14.5. The molecule has 4 rings (SSSR count). The lowest BCUT2D eigenvalue weighted by molar-refractivity contribution is 0.0255. The highest BCUT2D eigenvalue weighted by Crippen LogP contribution is 2.38. The summed E-state index contributed by atoms with van der Waals surface area (Å²) in [6.45, 7) is 3.07. The van der Waals surface area contributed by atoms with Crippen molar-refractivity contribution in [2.24, 2.45) is 5.41 Å². The fourth-order valence-corrected chi connectivity index (χ4v) is 3.38. The van der Waals surface area contributed by atoms with Crippen LogP contribution >= 0.6 is 11.6 Å². The maximum absolute atomic E-state index is 12.2. The number of nitrogens with one attached hydrogen (secondary N) is 1. The zero-order valence-electron chi connectivity index (χ0n) is 12.5. The maximum atomic E-state index is 12.2. The molecule has 0 radical (unpaired) electrons. The first-order chi connectivity index (χ1) is 11.2. The Morgan fingerprint density at radius 2 is 2.13 bits per heavy atom. The van der Waals surface area contributed by atoms with Crippen molar-refractivity contribution in [2.75, 3.05) is 31.6 Å². The SMILES string of the molecule is O=C(Nc1ccn(-c2ccccc2Cl)n1)N1CC2(CCOC2)C1. The quantitative estimate of drug-likeness (QED) is 0.920. The molecule has 0 unspecified atom stereocenters. The number of likely N-dealkylation sites (tertiary alicyclic amines) is 1. The summed E-state index contributed by atoms with van der Waals surface area (Å²) < 4.78 is 7.08. The number of urea groups is 1. The zero-order valence-corrected chi connectivity index (χ0v) is 13.3. The number of para-hydroxylation sites is 1. The fourth-order valence-electron chi connectivity index (χ4n) is 3.16. The van der Waals surface area contributed by atoms with Crippen molar-refractivity contribution in [3.63, 3.8) is 0 Å². The second-order valence-corrected chi connectivity index (χ2v) is 6.59. The molecule has 1 N–H and O–H groups in total. The minimum absolute atomic E-state index is 0.119. The summed E-state index contributed by atoms with van der Waals surface area (Å²) in [5.74, 6) is 0.513. The summed E-state index contributed by atoms with van der Waals surface area (Å²) in [4.78, 5) is 14.0. The monoisotopic (exact) mass is 332 g/mol. The third kappa shape index (κ3) is 2.68. The predicted molar refractivity (Wildman–Crippen MR) is 87.0 cm³/mol. The van der Waals surface area contributed by atoms with Crippen molar-refractivity contribution in [3.8, 4) is 5.69 Å². The number of halogens is 1. The number of carbonyl (C=O) groups excluding carboxylic acids is 1. The first-order valence-corrected chi connectivity index (χ1v) is 7.97. The van der Waals surface area contributed by atoms with Crippen LogP contribution in [0.3, 0.4) is 0 Å². The van der Waals surface area contributed by atoms with Crippen LogP contribution in [0.5, 0.6) is 0 Å². The van der Waals surface area contributed by atoms with Crippen LogP contribution in [0.2, 0.25) is 5.02 Å². The standard InChI is InChI=1S/C16H17ClN4O2/c17-12-3-1-2-4-13(12)21-7-5-14(19-21)18-15(22)20-9-16(10-20)6-8-23-11-16/h1-5,7H,6,8-11H2,(H,18,19,22). The average Bonchev–Trinajstić information content (AvgIpc) is 3.15. The number of carbonyl (C=O) groups is 1. The number of hydrogen-bond donors (Lipinski definition) is 1. The molecule has 1 spiro atoms. The van der Waals surface area contributed by atoms with E-state index in [1.54, 1.807) is 27.9 Å². The van der Waals surface area contributed by atoms with Crippen molar-refractivity contribution >= 4 is 23.4 Å². The Balaban J connectivity index is 1.40. The molecule has 3 heterocycles. The Hall–Kier alpha value is -2.05. The number of rotatable bonds is 2. The van der Waals surface area contributed by atoms with Crippen molar-refractivity contribution in [3.05, 3.63) is 41.6 Å². The molecule has 120 valence electrons. The van der Waals surface area contributed by atoms with E-state index >= 15 is 0 Å². The van der Waals surface area contributed by atoms with Crippen LogP contribution < -0.4 is 5.32 Å². The molecule has 2 fully saturated rings. The molecule has 1 aromatic carbocycles. The largest absolute Gasteiger partial charge is 0.381 e. The zero-order chi connectivity index (χ0) is 15.9. The predicted octanol–water partition coefficient (Wildman–Crippen LogP) is 2.78. The Kier molecular flexibility index (Phi) is 3.50. The Labute approximate surface area is 139 Å². The summed E-state index contributed by atoms with van der Waals surface area (Å²) in [5.41, 5.74) is 0.967. The molecule has 0 aliphatic carbocycles. The van der Waals surface area contributed by atoms with Crippen LogP contribution in [0.25, 0.3) is 5.69 Å². The van der Waals surface area contributed by atoms with Crippen molar-refractivity contribution < 1.29 is 9.53 Å². The number of nitrogens with zero attached hydrogens (tertiary/aromatic N) is 3. The van der Waals surface area contributed by atoms with E-state index in [0.29, 0.717) is 10.8 Å². The van der Waals surface area contributed by atoms with Gasteiger partial charge in [0.25, 0.3) is 0 Å². The van der Waals surface area contributed by atoms with Crippen LogP contribution in [0, 0.1) is 5.41 Å². The Bertz CT molecular complexity index is 731. The number of benzene rings is 1. The summed E-state index contributed by atoms with van der Waals surface area (Å²) in [6, 6.07) is 9.08. The van der Waals surface area contributed by atoms with E-state index < -0.39 is 0 Å².